The normalized spacial score (nSPS) is 10.8. The van der Waals surface area contributed by atoms with E-state index in [-0.39, 0.29) is 18.0 Å². The molecule has 1 aromatic carbocycles. The maximum atomic E-state index is 12.2. The van der Waals surface area contributed by atoms with Gasteiger partial charge in [-0.2, -0.15) is 5.10 Å². The Labute approximate surface area is 146 Å². The van der Waals surface area contributed by atoms with Crippen molar-refractivity contribution in [2.45, 2.75) is 13.1 Å². The first-order valence-corrected chi connectivity index (χ1v) is 7.99. The molecule has 0 saturated carbocycles. The van der Waals surface area contributed by atoms with Crippen LogP contribution in [0.25, 0.3) is 5.52 Å². The second-order valence-electron chi connectivity index (χ2n) is 5.13. The Morgan fingerprint density at radius 1 is 1.38 bits per heavy atom. The molecular weight excluding hydrogens is 376 g/mol. The fourth-order valence-electron chi connectivity index (χ4n) is 2.36. The lowest BCUT2D eigenvalue weighted by atomic mass is 10.2. The summed E-state index contributed by atoms with van der Waals surface area (Å²) in [6, 6.07) is 8.99. The van der Waals surface area contributed by atoms with Gasteiger partial charge in [-0.25, -0.2) is 4.68 Å². The molecule has 0 saturated heterocycles. The lowest BCUT2D eigenvalue weighted by molar-refractivity contribution is -0.122. The van der Waals surface area contributed by atoms with Crippen molar-refractivity contribution < 1.29 is 9.53 Å². The van der Waals surface area contributed by atoms with Crippen LogP contribution in [0.2, 0.25) is 0 Å². The molecule has 0 unspecified atom stereocenters. The second-order valence-corrected chi connectivity index (χ2v) is 6.04. The highest BCUT2D eigenvalue weighted by atomic mass is 79.9. The van der Waals surface area contributed by atoms with E-state index in [9.17, 15) is 9.59 Å². The molecule has 8 heteroatoms. The Morgan fingerprint density at radius 2 is 2.21 bits per heavy atom. The summed E-state index contributed by atoms with van der Waals surface area (Å²) in [5, 5.41) is 6.77. The second kappa shape index (κ2) is 6.88. The molecule has 124 valence electrons. The summed E-state index contributed by atoms with van der Waals surface area (Å²) in [4.78, 5) is 24.3. The van der Waals surface area contributed by atoms with E-state index in [1.165, 1.54) is 6.33 Å². The number of halogens is 1. The van der Waals surface area contributed by atoms with Gasteiger partial charge in [-0.1, -0.05) is 15.9 Å². The Balaban J connectivity index is 1.70. The smallest absolute Gasteiger partial charge is 0.291 e. The highest BCUT2D eigenvalue weighted by Gasteiger charge is 2.10. The molecule has 0 aliphatic heterocycles. The van der Waals surface area contributed by atoms with Crippen LogP contribution in [0, 0.1) is 0 Å². The zero-order valence-electron chi connectivity index (χ0n) is 12.9. The van der Waals surface area contributed by atoms with Crippen molar-refractivity contribution in [3.63, 3.8) is 0 Å². The van der Waals surface area contributed by atoms with Crippen LogP contribution in [-0.4, -0.2) is 27.2 Å². The molecule has 0 spiro atoms. The first-order chi connectivity index (χ1) is 11.6. The molecule has 1 amide bonds. The SMILES string of the molecule is COc1ccc(Br)cc1CNC(=O)Cn1ncn2cccc2c1=O. The number of aromatic nitrogens is 3. The monoisotopic (exact) mass is 390 g/mol. The highest BCUT2D eigenvalue weighted by molar-refractivity contribution is 9.10. The van der Waals surface area contributed by atoms with Gasteiger partial charge in [-0.15, -0.1) is 0 Å². The summed E-state index contributed by atoms with van der Waals surface area (Å²) in [5.41, 5.74) is 1.01. The van der Waals surface area contributed by atoms with Crippen LogP contribution in [0.1, 0.15) is 5.56 Å². The van der Waals surface area contributed by atoms with Crippen LogP contribution in [0.4, 0.5) is 0 Å². The number of benzene rings is 1. The van der Waals surface area contributed by atoms with Crippen molar-refractivity contribution in [3.8, 4) is 5.75 Å². The van der Waals surface area contributed by atoms with E-state index in [0.29, 0.717) is 17.8 Å². The van der Waals surface area contributed by atoms with E-state index in [1.807, 2.05) is 18.2 Å². The van der Waals surface area contributed by atoms with Crippen molar-refractivity contribution in [2.75, 3.05) is 7.11 Å². The average Bonchev–Trinajstić information content (AvgIpc) is 3.05. The zero-order valence-corrected chi connectivity index (χ0v) is 14.5. The summed E-state index contributed by atoms with van der Waals surface area (Å²) in [6.45, 7) is 0.153. The molecule has 0 aliphatic rings. The first-order valence-electron chi connectivity index (χ1n) is 7.20. The van der Waals surface area contributed by atoms with Crippen molar-refractivity contribution in [3.05, 3.63) is 63.2 Å². The van der Waals surface area contributed by atoms with E-state index < -0.39 is 0 Å². The van der Waals surface area contributed by atoms with Gasteiger partial charge in [0.2, 0.25) is 5.91 Å². The van der Waals surface area contributed by atoms with Gasteiger partial charge in [0.15, 0.2) is 0 Å². The topological polar surface area (TPSA) is 77.6 Å². The van der Waals surface area contributed by atoms with E-state index >= 15 is 0 Å². The lowest BCUT2D eigenvalue weighted by Crippen LogP contribution is -2.34. The molecule has 0 radical (unpaired) electrons. The summed E-state index contributed by atoms with van der Waals surface area (Å²) in [6.07, 6.45) is 3.23. The maximum Gasteiger partial charge on any atom is 0.291 e. The van der Waals surface area contributed by atoms with Crippen LogP contribution in [-0.2, 0) is 17.9 Å². The quantitative estimate of drug-likeness (QED) is 0.717. The largest absolute Gasteiger partial charge is 0.496 e. The molecule has 3 aromatic rings. The van der Waals surface area contributed by atoms with Gasteiger partial charge in [0, 0.05) is 22.8 Å². The van der Waals surface area contributed by atoms with Crippen molar-refractivity contribution >= 4 is 27.4 Å². The predicted molar refractivity (Wildman–Crippen MR) is 92.0 cm³/mol. The van der Waals surface area contributed by atoms with Crippen LogP contribution < -0.4 is 15.6 Å². The van der Waals surface area contributed by atoms with E-state index in [2.05, 4.69) is 26.3 Å². The number of fused-ring (bicyclic) bond motifs is 1. The third-order valence-corrected chi connectivity index (χ3v) is 4.05. The first kappa shape index (κ1) is 16.3. The molecule has 7 nitrogen and oxygen atoms in total. The van der Waals surface area contributed by atoms with Gasteiger partial charge in [0.25, 0.3) is 5.56 Å². The minimum atomic E-state index is -0.308. The number of carbonyl (C=O) groups excluding carboxylic acids is 1. The van der Waals surface area contributed by atoms with Gasteiger partial charge in [0.1, 0.15) is 24.1 Å². The standard InChI is InChI=1S/C16H15BrN4O3/c1-24-14-5-4-12(17)7-11(14)8-18-15(22)9-21-16(23)13-3-2-6-20(13)10-19-21/h2-7,10H,8-9H2,1H3,(H,18,22). The molecule has 1 N–H and O–H groups in total. The van der Waals surface area contributed by atoms with Crippen LogP contribution >= 0.6 is 15.9 Å². The number of methoxy groups -OCH3 is 1. The fourth-order valence-corrected chi connectivity index (χ4v) is 2.77. The number of rotatable bonds is 5. The number of ether oxygens (including phenoxy) is 1. The number of nitrogens with zero attached hydrogens (tertiary/aromatic N) is 3. The van der Waals surface area contributed by atoms with Gasteiger partial charge in [-0.05, 0) is 30.3 Å². The Morgan fingerprint density at radius 3 is 3.00 bits per heavy atom. The summed E-state index contributed by atoms with van der Waals surface area (Å²) >= 11 is 3.39. The Hall–Kier alpha value is -2.61. The van der Waals surface area contributed by atoms with Crippen LogP contribution in [0.5, 0.6) is 5.75 Å². The highest BCUT2D eigenvalue weighted by Crippen LogP contribution is 2.22. The predicted octanol–water partition coefficient (Wildman–Crippen LogP) is 1.58. The van der Waals surface area contributed by atoms with Crippen LogP contribution in [0.15, 0.2) is 52.1 Å². The molecule has 0 aliphatic carbocycles. The number of hydrogen-bond donors (Lipinski definition) is 1. The minimum absolute atomic E-state index is 0.142. The summed E-state index contributed by atoms with van der Waals surface area (Å²) < 4.78 is 8.92. The van der Waals surface area contributed by atoms with Crippen LogP contribution in [0.3, 0.4) is 0 Å². The number of nitrogens with one attached hydrogen (secondary N) is 1. The molecular formula is C16H15BrN4O3. The van der Waals surface area contributed by atoms with Gasteiger partial charge >= 0.3 is 0 Å². The van der Waals surface area contributed by atoms with E-state index in [0.717, 1.165) is 14.7 Å². The maximum absolute atomic E-state index is 12.2. The zero-order chi connectivity index (χ0) is 17.1. The molecule has 0 atom stereocenters. The molecule has 2 heterocycles. The van der Waals surface area contributed by atoms with Crippen molar-refractivity contribution in [2.24, 2.45) is 0 Å². The third kappa shape index (κ3) is 3.33. The molecule has 0 bridgehead atoms. The number of carbonyl (C=O) groups is 1. The molecule has 24 heavy (non-hydrogen) atoms. The Kier molecular flexibility index (Phi) is 4.66. The molecule has 2 aromatic heterocycles. The number of amides is 1. The minimum Gasteiger partial charge on any atom is -0.496 e. The lowest BCUT2D eigenvalue weighted by Gasteiger charge is -2.11. The van der Waals surface area contributed by atoms with E-state index in [1.54, 1.807) is 29.8 Å². The third-order valence-electron chi connectivity index (χ3n) is 3.56. The Bertz CT molecular complexity index is 948. The van der Waals surface area contributed by atoms with Gasteiger partial charge in [0.05, 0.1) is 7.11 Å². The number of hydrogen-bond acceptors (Lipinski definition) is 4. The molecule has 3 rings (SSSR count). The van der Waals surface area contributed by atoms with Gasteiger partial charge < -0.3 is 14.5 Å². The van der Waals surface area contributed by atoms with Crippen molar-refractivity contribution in [1.82, 2.24) is 19.5 Å². The average molecular weight is 391 g/mol. The van der Waals surface area contributed by atoms with Crippen molar-refractivity contribution in [1.29, 1.82) is 0 Å². The fraction of sp³-hybridized carbons (Fsp3) is 0.188. The summed E-state index contributed by atoms with van der Waals surface area (Å²) in [5.74, 6) is 0.380. The summed E-state index contributed by atoms with van der Waals surface area (Å²) in [7, 11) is 1.57. The molecule has 0 fully saturated rings. The van der Waals surface area contributed by atoms with E-state index in [4.69, 9.17) is 4.74 Å². The van der Waals surface area contributed by atoms with Gasteiger partial charge in [-0.3, -0.25) is 9.59 Å².